The molecule has 1 aromatic rings. The maximum atomic E-state index is 13.5. The molecule has 0 heterocycles. The number of nitrogens with zero attached hydrogens (tertiary/aromatic N) is 2. The second kappa shape index (κ2) is 13.6. The maximum Gasteiger partial charge on any atom is 0.429 e. The number of hydrogen-bond acceptors (Lipinski definition) is 4. The number of carbonyl (C=O) groups excluding carboxylic acids is 1. The molecular weight excluding hydrogens is 388 g/mol. The molecule has 0 bridgehead atoms. The van der Waals surface area contributed by atoms with Gasteiger partial charge < -0.3 is 4.74 Å². The molecule has 0 aliphatic heterocycles. The molecule has 0 saturated heterocycles. The summed E-state index contributed by atoms with van der Waals surface area (Å²) < 4.78 is 34.6. The van der Waals surface area contributed by atoms with Gasteiger partial charge in [0.2, 0.25) is 0 Å². The van der Waals surface area contributed by atoms with Gasteiger partial charge in [0, 0.05) is 13.1 Å². The van der Waals surface area contributed by atoms with Crippen LogP contribution >= 0.6 is 0 Å². The number of ether oxygens (including phenoxy) is 1. The van der Waals surface area contributed by atoms with E-state index in [9.17, 15) is 13.2 Å². The van der Waals surface area contributed by atoms with Gasteiger partial charge in [-0.25, -0.2) is 4.79 Å². The zero-order valence-electron chi connectivity index (χ0n) is 18.5. The van der Waals surface area contributed by atoms with E-state index in [-0.39, 0.29) is 0 Å². The van der Waals surface area contributed by atoms with Gasteiger partial charge in [0.15, 0.2) is 0 Å². The van der Waals surface area contributed by atoms with Crippen molar-refractivity contribution in [1.29, 1.82) is 0 Å². The topological polar surface area (TPSA) is 66.9 Å². The van der Waals surface area contributed by atoms with Crippen molar-refractivity contribution in [3.05, 3.63) is 30.3 Å². The van der Waals surface area contributed by atoms with E-state index in [4.69, 9.17) is 4.74 Å². The Labute approximate surface area is 177 Å². The molecule has 0 radical (unpaired) electrons. The molecule has 6 nitrogen and oxygen atoms in total. The highest BCUT2D eigenvalue weighted by Gasteiger charge is 2.36. The van der Waals surface area contributed by atoms with Gasteiger partial charge in [-0.15, -0.1) is 0 Å². The third-order valence-corrected chi connectivity index (χ3v) is 6.41. The quantitative estimate of drug-likeness (QED) is 0.355. The van der Waals surface area contributed by atoms with Gasteiger partial charge >= 0.3 is 16.3 Å². The first-order valence-electron chi connectivity index (χ1n) is 10.9. The Morgan fingerprint density at radius 3 is 1.86 bits per heavy atom. The normalized spacial score (nSPS) is 11.8. The molecule has 0 atom stereocenters. The first kappa shape index (κ1) is 25.4. The van der Waals surface area contributed by atoms with E-state index in [1.54, 1.807) is 44.2 Å². The summed E-state index contributed by atoms with van der Waals surface area (Å²) in [4.78, 5) is 12.8. The summed E-state index contributed by atoms with van der Waals surface area (Å²) in [5, 5.41) is 0. The summed E-state index contributed by atoms with van der Waals surface area (Å²) in [5.74, 6) is 0. The number of rotatable bonds is 14. The fourth-order valence-electron chi connectivity index (χ4n) is 3.03. The molecule has 0 aliphatic carbocycles. The van der Waals surface area contributed by atoms with E-state index in [0.717, 1.165) is 55.7 Å². The molecule has 1 aromatic carbocycles. The summed E-state index contributed by atoms with van der Waals surface area (Å²) in [5.41, 5.74) is 0.297. The minimum absolute atomic E-state index is 0.297. The number of benzene rings is 1. The average molecular weight is 427 g/mol. The first-order chi connectivity index (χ1) is 13.8. The van der Waals surface area contributed by atoms with Crippen LogP contribution in [0.3, 0.4) is 0 Å². The van der Waals surface area contributed by atoms with Crippen LogP contribution in [-0.4, -0.2) is 38.0 Å². The van der Waals surface area contributed by atoms with Gasteiger partial charge in [-0.1, -0.05) is 70.6 Å². The SMILES string of the molecule is CCCCCCN(CCCCCC)S(=O)(=O)N(C(=O)OC(C)C)c1ccccc1. The minimum atomic E-state index is -4.04. The Balaban J connectivity index is 3.13. The van der Waals surface area contributed by atoms with Crippen LogP contribution in [-0.2, 0) is 14.9 Å². The lowest BCUT2D eigenvalue weighted by Crippen LogP contribution is -2.48. The molecule has 0 spiro atoms. The van der Waals surface area contributed by atoms with Crippen LogP contribution in [0.4, 0.5) is 10.5 Å². The summed E-state index contributed by atoms with van der Waals surface area (Å²) in [6.07, 6.45) is 6.54. The highest BCUT2D eigenvalue weighted by molar-refractivity contribution is 7.91. The maximum absolute atomic E-state index is 13.5. The molecule has 0 N–H and O–H groups in total. The number of hydrogen-bond donors (Lipinski definition) is 0. The summed E-state index contributed by atoms with van der Waals surface area (Å²) >= 11 is 0. The molecular formula is C22H38N2O4S. The predicted molar refractivity (Wildman–Crippen MR) is 119 cm³/mol. The summed E-state index contributed by atoms with van der Waals surface area (Å²) in [7, 11) is -4.04. The number of carbonyl (C=O) groups is 1. The standard InChI is InChI=1S/C22H38N2O4S/c1-5-7-9-14-18-23(19-15-10-8-6-2)29(26,27)24(22(25)28-20(3)4)21-16-12-11-13-17-21/h11-13,16-17,20H,5-10,14-15,18-19H2,1-4H3. The van der Waals surface area contributed by atoms with Crippen LogP contribution in [0.25, 0.3) is 0 Å². The van der Waals surface area contributed by atoms with Gasteiger partial charge in [0.1, 0.15) is 0 Å². The molecule has 1 amide bonds. The molecule has 0 unspecified atom stereocenters. The monoisotopic (exact) mass is 426 g/mol. The highest BCUT2D eigenvalue weighted by atomic mass is 32.2. The van der Waals surface area contributed by atoms with Gasteiger partial charge in [0.25, 0.3) is 0 Å². The van der Waals surface area contributed by atoms with Crippen molar-refractivity contribution in [3.63, 3.8) is 0 Å². The number of unbranched alkanes of at least 4 members (excludes halogenated alkanes) is 6. The van der Waals surface area contributed by atoms with Crippen LogP contribution < -0.4 is 4.31 Å². The Kier molecular flexibility index (Phi) is 11.9. The zero-order valence-corrected chi connectivity index (χ0v) is 19.3. The van der Waals surface area contributed by atoms with Crippen molar-refractivity contribution in [2.45, 2.75) is 85.2 Å². The molecule has 0 fully saturated rings. The Bertz CT molecular complexity index is 665. The fourth-order valence-corrected chi connectivity index (χ4v) is 4.60. The van der Waals surface area contributed by atoms with Crippen molar-refractivity contribution in [2.75, 3.05) is 17.4 Å². The number of amides is 1. The molecule has 0 aromatic heterocycles. The second-order valence-corrected chi connectivity index (χ2v) is 9.34. The van der Waals surface area contributed by atoms with Crippen molar-refractivity contribution >= 4 is 22.0 Å². The van der Waals surface area contributed by atoms with Crippen molar-refractivity contribution in [3.8, 4) is 0 Å². The van der Waals surface area contributed by atoms with Crippen molar-refractivity contribution in [1.82, 2.24) is 4.31 Å². The fraction of sp³-hybridized carbons (Fsp3) is 0.682. The van der Waals surface area contributed by atoms with E-state index in [0.29, 0.717) is 18.8 Å². The van der Waals surface area contributed by atoms with E-state index in [1.165, 1.54) is 4.31 Å². The molecule has 0 aliphatic rings. The number of para-hydroxylation sites is 1. The van der Waals surface area contributed by atoms with Gasteiger partial charge in [0.05, 0.1) is 11.8 Å². The van der Waals surface area contributed by atoms with Crippen LogP contribution in [0, 0.1) is 0 Å². The lowest BCUT2D eigenvalue weighted by atomic mass is 10.2. The number of anilines is 1. The van der Waals surface area contributed by atoms with Crippen LogP contribution in [0.2, 0.25) is 0 Å². The highest BCUT2D eigenvalue weighted by Crippen LogP contribution is 2.23. The summed E-state index contributed by atoms with van der Waals surface area (Å²) in [6, 6.07) is 8.45. The van der Waals surface area contributed by atoms with Crippen LogP contribution in [0.15, 0.2) is 30.3 Å². The summed E-state index contributed by atoms with van der Waals surface area (Å²) in [6.45, 7) is 8.48. The van der Waals surface area contributed by atoms with Gasteiger partial charge in [-0.3, -0.25) is 0 Å². The molecule has 1 rings (SSSR count). The Hall–Kier alpha value is -1.60. The second-order valence-electron chi connectivity index (χ2n) is 7.56. The molecule has 7 heteroatoms. The zero-order chi connectivity index (χ0) is 21.7. The average Bonchev–Trinajstić information content (AvgIpc) is 2.66. The Morgan fingerprint density at radius 2 is 1.41 bits per heavy atom. The third-order valence-electron chi connectivity index (χ3n) is 4.57. The van der Waals surface area contributed by atoms with E-state index in [1.807, 2.05) is 0 Å². The molecule has 0 saturated carbocycles. The predicted octanol–water partition coefficient (Wildman–Crippen LogP) is 5.75. The Morgan fingerprint density at radius 1 is 0.897 bits per heavy atom. The largest absolute Gasteiger partial charge is 0.446 e. The molecule has 29 heavy (non-hydrogen) atoms. The van der Waals surface area contributed by atoms with Crippen LogP contribution in [0.5, 0.6) is 0 Å². The van der Waals surface area contributed by atoms with Crippen molar-refractivity contribution in [2.24, 2.45) is 0 Å². The minimum Gasteiger partial charge on any atom is -0.446 e. The lowest BCUT2D eigenvalue weighted by molar-refractivity contribution is 0.126. The molecule has 166 valence electrons. The van der Waals surface area contributed by atoms with E-state index in [2.05, 4.69) is 13.8 Å². The van der Waals surface area contributed by atoms with Crippen LogP contribution in [0.1, 0.15) is 79.1 Å². The smallest absolute Gasteiger partial charge is 0.429 e. The van der Waals surface area contributed by atoms with Gasteiger partial charge in [-0.2, -0.15) is 17.0 Å². The first-order valence-corrected chi connectivity index (χ1v) is 12.3. The van der Waals surface area contributed by atoms with Gasteiger partial charge in [-0.05, 0) is 38.8 Å². The third kappa shape index (κ3) is 8.74. The van der Waals surface area contributed by atoms with Crippen molar-refractivity contribution < 1.29 is 17.9 Å². The lowest BCUT2D eigenvalue weighted by Gasteiger charge is -2.30. The van der Waals surface area contributed by atoms with E-state index < -0.39 is 22.4 Å². The van der Waals surface area contributed by atoms with E-state index >= 15 is 0 Å².